The molecule has 9 nitrogen and oxygen atoms in total. The first-order valence-electron chi connectivity index (χ1n) is 15.3. The van der Waals surface area contributed by atoms with Gasteiger partial charge in [0.05, 0.1) is 26.8 Å². The molecule has 3 atom stereocenters. The lowest BCUT2D eigenvalue weighted by Gasteiger charge is -2.38. The van der Waals surface area contributed by atoms with Crippen LogP contribution in [0.3, 0.4) is 0 Å². The Hall–Kier alpha value is -3.73. The number of ether oxygens (including phenoxy) is 2. The number of esters is 1. The lowest BCUT2D eigenvalue weighted by Crippen LogP contribution is -2.58. The molecule has 0 spiro atoms. The molecule has 2 aromatic carbocycles. The van der Waals surface area contributed by atoms with Crippen LogP contribution in [-0.4, -0.2) is 72.7 Å². The minimum atomic E-state index is -2.07. The van der Waals surface area contributed by atoms with Crippen molar-refractivity contribution in [1.82, 2.24) is 15.1 Å². The number of amides is 3. The Morgan fingerprint density at radius 2 is 1.62 bits per heavy atom. The number of hydrogen-bond donors (Lipinski definition) is 1. The maximum absolute atomic E-state index is 15.1. The first-order valence-corrected chi connectivity index (χ1v) is 18.7. The van der Waals surface area contributed by atoms with Crippen molar-refractivity contribution in [3.63, 3.8) is 0 Å². The molecule has 0 saturated carbocycles. The molecule has 1 heterocycles. The summed E-state index contributed by atoms with van der Waals surface area (Å²) in [6.07, 6.45) is -0.278. The molecule has 3 amide bonds. The zero-order valence-electron chi connectivity index (χ0n) is 28.2. The van der Waals surface area contributed by atoms with E-state index in [0.29, 0.717) is 23.3 Å². The normalized spacial score (nSPS) is 17.7. The van der Waals surface area contributed by atoms with Gasteiger partial charge < -0.3 is 24.6 Å². The SMILES string of the molecule is COC(=O)c1ccc(CN(C(=O)C2C[Si](C)(C)CN2C(=O)C(NC(=O)OC(C)(C)C)C(C)(C)C)C(C)c2ccccc2F)cc1. The van der Waals surface area contributed by atoms with Crippen molar-refractivity contribution < 1.29 is 33.0 Å². The molecule has 3 unspecified atom stereocenters. The van der Waals surface area contributed by atoms with Crippen molar-refractivity contribution in [3.8, 4) is 0 Å². The number of rotatable bonds is 8. The summed E-state index contributed by atoms with van der Waals surface area (Å²) in [6, 6.07) is 11.1. The predicted octanol–water partition coefficient (Wildman–Crippen LogP) is 6.10. The summed E-state index contributed by atoms with van der Waals surface area (Å²) in [7, 11) is -0.769. The van der Waals surface area contributed by atoms with Crippen molar-refractivity contribution in [1.29, 1.82) is 0 Å². The Balaban J connectivity index is 2.02. The van der Waals surface area contributed by atoms with Crippen molar-refractivity contribution in [3.05, 3.63) is 71.0 Å². The van der Waals surface area contributed by atoms with Crippen LogP contribution in [0.1, 0.15) is 76.0 Å². The van der Waals surface area contributed by atoms with Crippen LogP contribution in [0.15, 0.2) is 48.5 Å². The van der Waals surface area contributed by atoms with Crippen LogP contribution < -0.4 is 5.32 Å². The topological polar surface area (TPSA) is 105 Å². The van der Waals surface area contributed by atoms with E-state index >= 15 is 4.39 Å². The smallest absolute Gasteiger partial charge is 0.408 e. The number of alkyl carbamates (subject to hydrolysis) is 1. The van der Waals surface area contributed by atoms with E-state index in [0.717, 1.165) is 5.56 Å². The fourth-order valence-electron chi connectivity index (χ4n) is 5.60. The number of carbonyl (C=O) groups is 4. The van der Waals surface area contributed by atoms with Crippen LogP contribution >= 0.6 is 0 Å². The van der Waals surface area contributed by atoms with Crippen LogP contribution in [0.4, 0.5) is 9.18 Å². The highest BCUT2D eigenvalue weighted by Gasteiger charge is 2.50. The van der Waals surface area contributed by atoms with Crippen LogP contribution in [-0.2, 0) is 25.6 Å². The number of nitrogens with one attached hydrogen (secondary N) is 1. The number of nitrogens with zero attached hydrogens (tertiary/aromatic N) is 2. The van der Waals surface area contributed by atoms with Gasteiger partial charge in [0.15, 0.2) is 0 Å². The van der Waals surface area contributed by atoms with Gasteiger partial charge in [-0.2, -0.15) is 0 Å². The highest BCUT2D eigenvalue weighted by atomic mass is 28.3. The fraction of sp³-hybridized carbons (Fsp3) is 0.529. The Bertz CT molecular complexity index is 1400. The van der Waals surface area contributed by atoms with Gasteiger partial charge in [0.25, 0.3) is 0 Å². The molecule has 0 radical (unpaired) electrons. The molecule has 1 fully saturated rings. The second-order valence-corrected chi connectivity index (χ2v) is 19.7. The van der Waals surface area contributed by atoms with Crippen molar-refractivity contribution in [2.75, 3.05) is 13.3 Å². The number of methoxy groups -OCH3 is 1. The maximum Gasteiger partial charge on any atom is 0.408 e. The quantitative estimate of drug-likeness (QED) is 0.276. The molecular formula is C34H48FN3O6Si. The van der Waals surface area contributed by atoms with E-state index in [9.17, 15) is 19.2 Å². The van der Waals surface area contributed by atoms with E-state index in [1.165, 1.54) is 13.2 Å². The first-order chi connectivity index (χ1) is 20.7. The minimum absolute atomic E-state index is 0.120. The van der Waals surface area contributed by atoms with Crippen molar-refractivity contribution in [2.45, 2.75) is 97.9 Å². The average Bonchev–Trinajstić information content (AvgIpc) is 3.27. The summed E-state index contributed by atoms with van der Waals surface area (Å²) in [5.74, 6) is -1.58. The third-order valence-electron chi connectivity index (χ3n) is 7.90. The molecule has 1 N–H and O–H groups in total. The molecule has 45 heavy (non-hydrogen) atoms. The standard InChI is InChI=1S/C34H48FN3O6Si/c1-22(25-13-11-12-14-26(25)35)37(19-23-15-17-24(18-16-23)31(41)43-8)29(39)27-20-45(9,10)21-38(27)30(40)28(33(2,3)4)36-32(42)44-34(5,6)7/h11-18,22,27-28H,19-21H2,1-10H3,(H,36,42). The molecule has 246 valence electrons. The molecule has 0 aliphatic carbocycles. The van der Waals surface area contributed by atoms with Gasteiger partial charge in [0.1, 0.15) is 23.5 Å². The molecular weight excluding hydrogens is 593 g/mol. The lowest BCUT2D eigenvalue weighted by molar-refractivity contribution is -0.147. The zero-order chi connectivity index (χ0) is 33.9. The van der Waals surface area contributed by atoms with E-state index in [4.69, 9.17) is 9.47 Å². The van der Waals surface area contributed by atoms with Gasteiger partial charge in [-0.1, -0.05) is 64.2 Å². The maximum atomic E-state index is 15.1. The second kappa shape index (κ2) is 13.7. The summed E-state index contributed by atoms with van der Waals surface area (Å²) >= 11 is 0. The lowest BCUT2D eigenvalue weighted by atomic mass is 9.85. The summed E-state index contributed by atoms with van der Waals surface area (Å²) < 4.78 is 25.3. The molecule has 1 saturated heterocycles. The van der Waals surface area contributed by atoms with E-state index in [2.05, 4.69) is 18.4 Å². The molecule has 11 heteroatoms. The van der Waals surface area contributed by atoms with Crippen molar-refractivity contribution >= 4 is 32.0 Å². The summed E-state index contributed by atoms with van der Waals surface area (Å²) in [5.41, 5.74) is 0.00786. The van der Waals surface area contributed by atoms with E-state index in [1.54, 1.807) is 80.0 Å². The molecule has 1 aliphatic rings. The van der Waals surface area contributed by atoms with Crippen LogP contribution in [0.25, 0.3) is 0 Å². The Kier molecular flexibility index (Phi) is 10.9. The Morgan fingerprint density at radius 1 is 1.02 bits per heavy atom. The molecule has 1 aliphatic heterocycles. The summed E-state index contributed by atoms with van der Waals surface area (Å²) in [6.45, 7) is 17.0. The zero-order valence-corrected chi connectivity index (χ0v) is 29.2. The van der Waals surface area contributed by atoms with E-state index in [-0.39, 0.29) is 18.4 Å². The molecule has 0 aromatic heterocycles. The van der Waals surface area contributed by atoms with Crippen LogP contribution in [0.2, 0.25) is 19.1 Å². The summed E-state index contributed by atoms with van der Waals surface area (Å²) in [4.78, 5) is 56.9. The van der Waals surface area contributed by atoms with Gasteiger partial charge in [-0.15, -0.1) is 0 Å². The monoisotopic (exact) mass is 641 g/mol. The Labute approximate surface area is 267 Å². The van der Waals surface area contributed by atoms with E-state index in [1.807, 2.05) is 20.8 Å². The third kappa shape index (κ3) is 9.15. The minimum Gasteiger partial charge on any atom is -0.465 e. The highest BCUT2D eigenvalue weighted by Crippen LogP contribution is 2.34. The largest absolute Gasteiger partial charge is 0.465 e. The van der Waals surface area contributed by atoms with Gasteiger partial charge in [0, 0.05) is 18.3 Å². The van der Waals surface area contributed by atoms with Gasteiger partial charge in [-0.25, -0.2) is 14.0 Å². The number of hydrogen-bond acceptors (Lipinski definition) is 6. The molecule has 0 bridgehead atoms. The van der Waals surface area contributed by atoms with Crippen molar-refractivity contribution in [2.24, 2.45) is 5.41 Å². The number of benzene rings is 2. The predicted molar refractivity (Wildman–Crippen MR) is 174 cm³/mol. The van der Waals surface area contributed by atoms with Gasteiger partial charge >= 0.3 is 12.1 Å². The molecule has 3 rings (SSSR count). The fourth-order valence-corrected chi connectivity index (χ4v) is 8.47. The second-order valence-electron chi connectivity index (χ2n) is 14.6. The van der Waals surface area contributed by atoms with E-state index < -0.39 is 55.1 Å². The Morgan fingerprint density at radius 3 is 2.16 bits per heavy atom. The third-order valence-corrected chi connectivity index (χ3v) is 10.6. The van der Waals surface area contributed by atoms with Gasteiger partial charge in [-0.05, 0) is 62.9 Å². The average molecular weight is 642 g/mol. The number of carbonyl (C=O) groups excluding carboxylic acids is 4. The van der Waals surface area contributed by atoms with Crippen LogP contribution in [0.5, 0.6) is 0 Å². The van der Waals surface area contributed by atoms with Gasteiger partial charge in [0.2, 0.25) is 11.8 Å². The molecule has 2 aromatic rings. The highest BCUT2D eigenvalue weighted by molar-refractivity contribution is 6.79. The van der Waals surface area contributed by atoms with Gasteiger partial charge in [-0.3, -0.25) is 9.59 Å². The first kappa shape index (κ1) is 35.7. The number of halogens is 1. The van der Waals surface area contributed by atoms with Crippen LogP contribution in [0, 0.1) is 11.2 Å². The summed E-state index contributed by atoms with van der Waals surface area (Å²) in [5, 5.41) is 2.77.